The number of piperazine rings is 1. The Morgan fingerprint density at radius 1 is 1.11 bits per heavy atom. The van der Waals surface area contributed by atoms with Gasteiger partial charge in [-0.2, -0.15) is 0 Å². The fraction of sp³-hybridized carbons (Fsp3) is 0.639. The number of hydrogen-bond acceptors (Lipinski definition) is 6. The van der Waals surface area contributed by atoms with Crippen LogP contribution in [0.2, 0.25) is 0 Å². The number of pyridine rings is 1. The number of aryl methyl sites for hydroxylation is 2. The number of rotatable bonds is 12. The van der Waals surface area contributed by atoms with Gasteiger partial charge in [0.1, 0.15) is 0 Å². The zero-order chi connectivity index (χ0) is 31.5. The number of unbranched alkanes of at least 4 members (excludes halogenated alkanes) is 1. The number of alkyl halides is 2. The normalized spacial score (nSPS) is 20.7. The molecule has 1 aromatic heterocycles. The number of nitrogens with one attached hydrogen (secondary N) is 3. The SMILES string of the molecule is C=CC1CCC(F)(F)CC1.CNC(CCN1CCN[C@H](CNCCCCN)C1)c1ccccc1.c1cnc2c(c1)CCCC2. The Bertz CT molecular complexity index is 1000. The van der Waals surface area contributed by atoms with Gasteiger partial charge in [-0.3, -0.25) is 4.98 Å². The number of halogens is 2. The van der Waals surface area contributed by atoms with Gasteiger partial charge < -0.3 is 26.6 Å². The van der Waals surface area contributed by atoms with E-state index in [9.17, 15) is 8.78 Å². The second-order valence-corrected chi connectivity index (χ2v) is 12.4. The molecule has 2 heterocycles. The van der Waals surface area contributed by atoms with E-state index in [0.717, 1.165) is 58.7 Å². The molecule has 0 spiro atoms. The molecule has 246 valence electrons. The number of fused-ring (bicyclic) bond motifs is 1. The number of nitrogens with zero attached hydrogens (tertiary/aromatic N) is 2. The van der Waals surface area contributed by atoms with Crippen LogP contribution in [0, 0.1) is 5.92 Å². The largest absolute Gasteiger partial charge is 0.330 e. The molecule has 0 radical (unpaired) electrons. The Morgan fingerprint density at radius 3 is 2.59 bits per heavy atom. The fourth-order valence-corrected chi connectivity index (χ4v) is 6.21. The molecule has 3 aliphatic rings. The molecule has 1 aromatic carbocycles. The molecule has 1 aliphatic heterocycles. The summed E-state index contributed by atoms with van der Waals surface area (Å²) in [6.07, 6.45) is 13.5. The third-order valence-electron chi connectivity index (χ3n) is 9.01. The highest BCUT2D eigenvalue weighted by Gasteiger charge is 2.33. The van der Waals surface area contributed by atoms with Gasteiger partial charge in [0.2, 0.25) is 5.92 Å². The standard InChI is InChI=1S/C19H35N5.C9H11N.C8H12F2/c1-21-19(17-7-3-2-4-8-17)9-13-24-14-12-23-18(16-24)15-22-11-6-5-10-20;1-2-6-9-8(4-1)5-3-7-10-9;1-2-7-3-5-8(9,10)6-4-7/h2-4,7-8,18-19,21-23H,5-6,9-16,20H2,1H3;3,5,7H,1-2,4,6H2;2,7H,1,3-6H2/t18-,19?;;/m1../s1. The van der Waals surface area contributed by atoms with Crippen molar-refractivity contribution < 1.29 is 8.78 Å². The Balaban J connectivity index is 0.000000215. The van der Waals surface area contributed by atoms with E-state index in [1.807, 2.05) is 12.3 Å². The van der Waals surface area contributed by atoms with E-state index in [0.29, 0.717) is 30.8 Å². The highest BCUT2D eigenvalue weighted by molar-refractivity contribution is 5.22. The average molecular weight is 613 g/mol. The lowest BCUT2D eigenvalue weighted by atomic mass is 9.87. The summed E-state index contributed by atoms with van der Waals surface area (Å²) in [5.74, 6) is -2.06. The third kappa shape index (κ3) is 13.8. The van der Waals surface area contributed by atoms with Crippen LogP contribution in [0.3, 0.4) is 0 Å². The summed E-state index contributed by atoms with van der Waals surface area (Å²) in [7, 11) is 2.06. The molecule has 2 atom stereocenters. The third-order valence-corrected chi connectivity index (χ3v) is 9.01. The number of allylic oxidation sites excluding steroid dienone is 1. The van der Waals surface area contributed by atoms with E-state index in [-0.39, 0.29) is 12.8 Å². The molecule has 1 saturated heterocycles. The molecule has 2 fully saturated rings. The molecule has 2 aliphatic carbocycles. The van der Waals surface area contributed by atoms with Crippen molar-refractivity contribution in [2.45, 2.75) is 88.6 Å². The van der Waals surface area contributed by atoms with E-state index < -0.39 is 5.92 Å². The van der Waals surface area contributed by atoms with Gasteiger partial charge in [0.05, 0.1) is 0 Å². The molecule has 44 heavy (non-hydrogen) atoms. The van der Waals surface area contributed by atoms with Crippen LogP contribution in [0.5, 0.6) is 0 Å². The van der Waals surface area contributed by atoms with Crippen LogP contribution in [0.15, 0.2) is 61.3 Å². The van der Waals surface area contributed by atoms with Crippen molar-refractivity contribution in [3.05, 3.63) is 78.1 Å². The second-order valence-electron chi connectivity index (χ2n) is 12.4. The molecule has 5 rings (SSSR count). The maximum Gasteiger partial charge on any atom is 0.248 e. The van der Waals surface area contributed by atoms with Gasteiger partial charge in [-0.25, -0.2) is 8.78 Å². The van der Waals surface area contributed by atoms with Crippen molar-refractivity contribution in [3.63, 3.8) is 0 Å². The van der Waals surface area contributed by atoms with Crippen molar-refractivity contribution in [2.24, 2.45) is 11.7 Å². The van der Waals surface area contributed by atoms with E-state index in [2.05, 4.69) is 75.9 Å². The van der Waals surface area contributed by atoms with Crippen molar-refractivity contribution in [1.82, 2.24) is 25.8 Å². The van der Waals surface area contributed by atoms with Gasteiger partial charge in [-0.15, -0.1) is 6.58 Å². The van der Waals surface area contributed by atoms with Gasteiger partial charge in [0.15, 0.2) is 0 Å². The van der Waals surface area contributed by atoms with Gasteiger partial charge in [-0.05, 0) is 101 Å². The minimum atomic E-state index is -2.39. The number of nitrogens with two attached hydrogens (primary N) is 1. The lowest BCUT2D eigenvalue weighted by Crippen LogP contribution is -2.54. The summed E-state index contributed by atoms with van der Waals surface area (Å²) < 4.78 is 25.0. The molecule has 6 nitrogen and oxygen atoms in total. The van der Waals surface area contributed by atoms with Crippen LogP contribution in [-0.2, 0) is 12.8 Å². The van der Waals surface area contributed by atoms with E-state index in [1.165, 1.54) is 48.9 Å². The minimum absolute atomic E-state index is 0.0453. The molecule has 0 bridgehead atoms. The number of aromatic nitrogens is 1. The van der Waals surface area contributed by atoms with Crippen LogP contribution in [0.4, 0.5) is 8.78 Å². The Labute approximate surface area is 265 Å². The summed E-state index contributed by atoms with van der Waals surface area (Å²) in [5, 5.41) is 10.6. The highest BCUT2D eigenvalue weighted by atomic mass is 19.3. The molecule has 8 heteroatoms. The van der Waals surface area contributed by atoms with Crippen LogP contribution in [0.25, 0.3) is 0 Å². The van der Waals surface area contributed by atoms with Crippen molar-refractivity contribution in [1.29, 1.82) is 0 Å². The highest BCUT2D eigenvalue weighted by Crippen LogP contribution is 2.36. The predicted octanol–water partition coefficient (Wildman–Crippen LogP) is 5.90. The predicted molar refractivity (Wildman–Crippen MR) is 180 cm³/mol. The Kier molecular flexibility index (Phi) is 17.1. The molecule has 5 N–H and O–H groups in total. The maximum atomic E-state index is 12.5. The van der Waals surface area contributed by atoms with Gasteiger partial charge in [0, 0.05) is 69.5 Å². The number of hydrogen-bond donors (Lipinski definition) is 4. The molecular weight excluding hydrogens is 554 g/mol. The zero-order valence-electron chi connectivity index (χ0n) is 27.1. The summed E-state index contributed by atoms with van der Waals surface area (Å²) in [5.41, 5.74) is 9.71. The first kappa shape index (κ1) is 36.2. The van der Waals surface area contributed by atoms with Crippen LogP contribution >= 0.6 is 0 Å². The average Bonchev–Trinajstić information content (AvgIpc) is 3.06. The topological polar surface area (TPSA) is 78.2 Å². The summed E-state index contributed by atoms with van der Waals surface area (Å²) >= 11 is 0. The quantitative estimate of drug-likeness (QED) is 0.177. The number of benzene rings is 1. The molecular formula is C36H58F2N6. The smallest absolute Gasteiger partial charge is 0.248 e. The molecule has 1 saturated carbocycles. The maximum absolute atomic E-state index is 12.5. The first-order valence-electron chi connectivity index (χ1n) is 17.0. The van der Waals surface area contributed by atoms with Crippen molar-refractivity contribution in [2.75, 3.05) is 52.9 Å². The van der Waals surface area contributed by atoms with Crippen LogP contribution < -0.4 is 21.7 Å². The zero-order valence-corrected chi connectivity index (χ0v) is 27.1. The Hall–Kier alpha value is -2.23. The van der Waals surface area contributed by atoms with Crippen LogP contribution in [-0.4, -0.2) is 74.7 Å². The molecule has 1 unspecified atom stereocenters. The van der Waals surface area contributed by atoms with Crippen LogP contribution in [0.1, 0.15) is 80.7 Å². The minimum Gasteiger partial charge on any atom is -0.330 e. The second kappa shape index (κ2) is 20.7. The van der Waals surface area contributed by atoms with Crippen molar-refractivity contribution in [3.8, 4) is 0 Å². The first-order valence-corrected chi connectivity index (χ1v) is 17.0. The lowest BCUT2D eigenvalue weighted by Gasteiger charge is -2.34. The van der Waals surface area contributed by atoms with Gasteiger partial charge >= 0.3 is 0 Å². The monoisotopic (exact) mass is 612 g/mol. The van der Waals surface area contributed by atoms with E-state index in [1.54, 1.807) is 6.08 Å². The molecule has 2 aromatic rings. The van der Waals surface area contributed by atoms with E-state index >= 15 is 0 Å². The summed E-state index contributed by atoms with van der Waals surface area (Å²) in [6, 6.07) is 16.0. The summed E-state index contributed by atoms with van der Waals surface area (Å²) in [4.78, 5) is 6.91. The summed E-state index contributed by atoms with van der Waals surface area (Å²) in [6.45, 7) is 11.0. The Morgan fingerprint density at radius 2 is 1.89 bits per heavy atom. The van der Waals surface area contributed by atoms with Gasteiger partial charge in [0.25, 0.3) is 0 Å². The van der Waals surface area contributed by atoms with E-state index in [4.69, 9.17) is 5.73 Å². The van der Waals surface area contributed by atoms with Gasteiger partial charge in [-0.1, -0.05) is 42.5 Å². The fourth-order valence-electron chi connectivity index (χ4n) is 6.21. The first-order chi connectivity index (χ1) is 21.4. The lowest BCUT2D eigenvalue weighted by molar-refractivity contribution is -0.0410. The molecule has 0 amide bonds. The van der Waals surface area contributed by atoms with Crippen molar-refractivity contribution >= 4 is 0 Å².